The van der Waals surface area contributed by atoms with E-state index in [1.54, 1.807) is 23.5 Å². The number of halogens is 2. The molecule has 2 heterocycles. The number of hydrogen-bond acceptors (Lipinski definition) is 3. The third-order valence-corrected chi connectivity index (χ3v) is 5.05. The molecule has 6 heteroatoms. The number of H-pyrrole nitrogens is 1. The van der Waals surface area contributed by atoms with Gasteiger partial charge in [0.05, 0.1) is 21.2 Å². The van der Waals surface area contributed by atoms with Gasteiger partial charge in [-0.15, -0.1) is 11.3 Å². The second-order valence-corrected chi connectivity index (χ2v) is 6.61. The van der Waals surface area contributed by atoms with Gasteiger partial charge in [-0.3, -0.25) is 5.10 Å². The SMILES string of the molecule is CCc1ccc(-c2[nH]nc(N)c2-c2ccc(Cl)cc2Cl)s1. The van der Waals surface area contributed by atoms with Crippen molar-refractivity contribution >= 4 is 40.4 Å². The lowest BCUT2D eigenvalue weighted by Gasteiger charge is -2.06. The van der Waals surface area contributed by atoms with Gasteiger partial charge in [-0.05, 0) is 30.7 Å². The molecule has 1 aromatic carbocycles. The summed E-state index contributed by atoms with van der Waals surface area (Å²) in [4.78, 5) is 2.41. The molecule has 0 bridgehead atoms. The standard InChI is InChI=1S/C15H13Cl2N3S/c1-2-9-4-6-12(21-9)14-13(15(18)20-19-14)10-5-3-8(16)7-11(10)17/h3-7H,2H2,1H3,(H3,18,19,20). The minimum absolute atomic E-state index is 0.431. The van der Waals surface area contributed by atoms with Crippen molar-refractivity contribution in [2.24, 2.45) is 0 Å². The zero-order valence-electron chi connectivity index (χ0n) is 11.3. The fourth-order valence-electron chi connectivity index (χ4n) is 2.20. The number of thiophene rings is 1. The van der Waals surface area contributed by atoms with Crippen LogP contribution in [-0.2, 0) is 6.42 Å². The molecule has 2 aromatic heterocycles. The Morgan fingerprint density at radius 1 is 1.24 bits per heavy atom. The number of aromatic nitrogens is 2. The number of nitrogens with zero attached hydrogens (tertiary/aromatic N) is 1. The summed E-state index contributed by atoms with van der Waals surface area (Å²) in [7, 11) is 0. The molecule has 3 N–H and O–H groups in total. The van der Waals surface area contributed by atoms with Gasteiger partial charge >= 0.3 is 0 Å². The van der Waals surface area contributed by atoms with Crippen molar-refractivity contribution in [2.45, 2.75) is 13.3 Å². The van der Waals surface area contributed by atoms with Gasteiger partial charge in [-0.2, -0.15) is 5.10 Å². The second-order valence-electron chi connectivity index (χ2n) is 4.60. The second kappa shape index (κ2) is 5.72. The minimum Gasteiger partial charge on any atom is -0.382 e. The summed E-state index contributed by atoms with van der Waals surface area (Å²) in [5, 5.41) is 8.30. The summed E-state index contributed by atoms with van der Waals surface area (Å²) in [6.07, 6.45) is 1.01. The number of rotatable bonds is 3. The van der Waals surface area contributed by atoms with Gasteiger partial charge in [0.15, 0.2) is 5.82 Å². The van der Waals surface area contributed by atoms with Crippen LogP contribution < -0.4 is 5.73 Å². The molecular formula is C15H13Cl2N3S. The number of nitrogens with one attached hydrogen (secondary N) is 1. The Hall–Kier alpha value is -1.49. The van der Waals surface area contributed by atoms with Crippen LogP contribution in [0.2, 0.25) is 10.0 Å². The van der Waals surface area contributed by atoms with Gasteiger partial charge < -0.3 is 5.73 Å². The first-order valence-electron chi connectivity index (χ1n) is 6.48. The molecule has 0 spiro atoms. The first-order valence-corrected chi connectivity index (χ1v) is 8.05. The molecule has 0 saturated carbocycles. The van der Waals surface area contributed by atoms with E-state index in [-0.39, 0.29) is 0 Å². The Labute approximate surface area is 136 Å². The number of anilines is 1. The molecule has 3 nitrogen and oxygen atoms in total. The van der Waals surface area contributed by atoms with Gasteiger partial charge in [0.2, 0.25) is 0 Å². The summed E-state index contributed by atoms with van der Waals surface area (Å²) in [5.41, 5.74) is 8.57. The van der Waals surface area contributed by atoms with E-state index in [4.69, 9.17) is 28.9 Å². The molecule has 0 aliphatic rings. The lowest BCUT2D eigenvalue weighted by atomic mass is 10.0. The lowest BCUT2D eigenvalue weighted by molar-refractivity contribution is 1.11. The number of benzene rings is 1. The van der Waals surface area contributed by atoms with Crippen LogP contribution in [0.25, 0.3) is 21.7 Å². The van der Waals surface area contributed by atoms with Gasteiger partial charge in [-0.1, -0.05) is 36.2 Å². The predicted octanol–water partition coefficient (Wildman–Crippen LogP) is 5.26. The molecule has 0 aliphatic heterocycles. The average molecular weight is 338 g/mol. The molecule has 0 radical (unpaired) electrons. The van der Waals surface area contributed by atoms with E-state index in [2.05, 4.69) is 29.3 Å². The zero-order valence-corrected chi connectivity index (χ0v) is 13.6. The monoisotopic (exact) mass is 337 g/mol. The van der Waals surface area contributed by atoms with E-state index in [1.165, 1.54) is 4.88 Å². The summed E-state index contributed by atoms with van der Waals surface area (Å²) in [5.74, 6) is 0.431. The quantitative estimate of drug-likeness (QED) is 0.685. The van der Waals surface area contributed by atoms with Gasteiger partial charge in [0, 0.05) is 15.5 Å². The lowest BCUT2D eigenvalue weighted by Crippen LogP contribution is -1.89. The van der Waals surface area contributed by atoms with Crippen LogP contribution in [-0.4, -0.2) is 10.2 Å². The summed E-state index contributed by atoms with van der Waals surface area (Å²) in [6.45, 7) is 2.13. The van der Waals surface area contributed by atoms with Crippen molar-refractivity contribution in [3.8, 4) is 21.7 Å². The maximum absolute atomic E-state index is 6.31. The molecule has 3 aromatic rings. The molecule has 0 amide bonds. The number of nitrogen functional groups attached to an aromatic ring is 1. The molecule has 0 saturated heterocycles. The highest BCUT2D eigenvalue weighted by atomic mass is 35.5. The number of nitrogens with two attached hydrogens (primary N) is 1. The van der Waals surface area contributed by atoms with Crippen LogP contribution in [0.4, 0.5) is 5.82 Å². The maximum atomic E-state index is 6.31. The normalized spacial score (nSPS) is 11.0. The Kier molecular flexibility index (Phi) is 3.93. The summed E-state index contributed by atoms with van der Waals surface area (Å²) in [6, 6.07) is 9.56. The fraction of sp³-hybridized carbons (Fsp3) is 0.133. The van der Waals surface area contributed by atoms with Crippen molar-refractivity contribution in [2.75, 3.05) is 5.73 Å². The predicted molar refractivity (Wildman–Crippen MR) is 91.1 cm³/mol. The molecule has 0 unspecified atom stereocenters. The summed E-state index contributed by atoms with van der Waals surface area (Å²) < 4.78 is 0. The minimum atomic E-state index is 0.431. The molecule has 0 atom stereocenters. The van der Waals surface area contributed by atoms with Crippen LogP contribution in [0.5, 0.6) is 0 Å². The topological polar surface area (TPSA) is 54.7 Å². The smallest absolute Gasteiger partial charge is 0.153 e. The Bertz CT molecular complexity index is 792. The molecule has 0 fully saturated rings. The highest BCUT2D eigenvalue weighted by Gasteiger charge is 2.18. The highest BCUT2D eigenvalue weighted by Crippen LogP contribution is 2.41. The van der Waals surface area contributed by atoms with Crippen LogP contribution in [0, 0.1) is 0 Å². The first-order chi connectivity index (χ1) is 10.1. The maximum Gasteiger partial charge on any atom is 0.153 e. The van der Waals surface area contributed by atoms with E-state index in [0.717, 1.165) is 28.1 Å². The average Bonchev–Trinajstić information content (AvgIpc) is 3.06. The van der Waals surface area contributed by atoms with Gasteiger partial charge in [0.1, 0.15) is 0 Å². The van der Waals surface area contributed by atoms with Crippen LogP contribution in [0.15, 0.2) is 30.3 Å². The van der Waals surface area contributed by atoms with Gasteiger partial charge in [-0.25, -0.2) is 0 Å². The van der Waals surface area contributed by atoms with E-state index >= 15 is 0 Å². The number of aromatic amines is 1. The van der Waals surface area contributed by atoms with E-state index in [0.29, 0.717) is 15.9 Å². The third-order valence-electron chi connectivity index (χ3n) is 3.25. The Morgan fingerprint density at radius 2 is 2.05 bits per heavy atom. The molecule has 21 heavy (non-hydrogen) atoms. The molecule has 0 aliphatic carbocycles. The van der Waals surface area contributed by atoms with Gasteiger partial charge in [0.25, 0.3) is 0 Å². The van der Waals surface area contributed by atoms with Crippen molar-refractivity contribution < 1.29 is 0 Å². The Balaban J connectivity index is 2.17. The fourth-order valence-corrected chi connectivity index (χ4v) is 3.65. The molecular weight excluding hydrogens is 325 g/mol. The largest absolute Gasteiger partial charge is 0.382 e. The van der Waals surface area contributed by atoms with Crippen molar-refractivity contribution in [3.63, 3.8) is 0 Å². The van der Waals surface area contributed by atoms with Crippen LogP contribution in [0.1, 0.15) is 11.8 Å². The summed E-state index contributed by atoms with van der Waals surface area (Å²) >= 11 is 14.0. The third kappa shape index (κ3) is 2.67. The highest BCUT2D eigenvalue weighted by molar-refractivity contribution is 7.15. The number of aryl methyl sites for hydroxylation is 1. The van der Waals surface area contributed by atoms with E-state index in [1.807, 2.05) is 6.07 Å². The Morgan fingerprint density at radius 3 is 2.71 bits per heavy atom. The van der Waals surface area contributed by atoms with E-state index < -0.39 is 0 Å². The van der Waals surface area contributed by atoms with Crippen molar-refractivity contribution in [1.29, 1.82) is 0 Å². The van der Waals surface area contributed by atoms with Crippen molar-refractivity contribution in [1.82, 2.24) is 10.2 Å². The molecule has 3 rings (SSSR count). The zero-order chi connectivity index (χ0) is 15.0. The van der Waals surface area contributed by atoms with Crippen LogP contribution in [0.3, 0.4) is 0 Å². The van der Waals surface area contributed by atoms with E-state index in [9.17, 15) is 0 Å². The number of hydrogen-bond donors (Lipinski definition) is 2. The first kappa shape index (κ1) is 14.4. The van der Waals surface area contributed by atoms with Crippen LogP contribution >= 0.6 is 34.5 Å². The van der Waals surface area contributed by atoms with Crippen molar-refractivity contribution in [3.05, 3.63) is 45.3 Å². The molecule has 108 valence electrons.